The molecule has 0 atom stereocenters. The molecular formula is C7H10Cl2O2. The first kappa shape index (κ1) is 10.8. The molecule has 2 nitrogen and oxygen atoms in total. The Morgan fingerprint density at radius 2 is 1.91 bits per heavy atom. The van der Waals surface area contributed by atoms with Crippen LogP contribution in [0.3, 0.4) is 0 Å². The van der Waals surface area contributed by atoms with Gasteiger partial charge in [-0.2, -0.15) is 0 Å². The molecule has 0 heterocycles. The van der Waals surface area contributed by atoms with Crippen LogP contribution in [0.1, 0.15) is 20.3 Å². The van der Waals surface area contributed by atoms with Crippen molar-refractivity contribution in [2.75, 3.05) is 6.61 Å². The molecule has 0 saturated carbocycles. The maximum atomic E-state index is 10.6. The average molecular weight is 197 g/mol. The van der Waals surface area contributed by atoms with Crippen molar-refractivity contribution in [3.63, 3.8) is 0 Å². The smallest absolute Gasteiger partial charge is 0.253 e. The lowest BCUT2D eigenvalue weighted by atomic mass is 10.2. The average Bonchev–Trinajstić information content (AvgIpc) is 1.88. The van der Waals surface area contributed by atoms with E-state index in [1.54, 1.807) is 13.8 Å². The van der Waals surface area contributed by atoms with Gasteiger partial charge < -0.3 is 4.74 Å². The lowest BCUT2D eigenvalue weighted by Gasteiger charge is -2.03. The number of ether oxygens (including phenoxy) is 1. The van der Waals surface area contributed by atoms with E-state index in [9.17, 15) is 4.79 Å². The molecule has 0 fully saturated rings. The van der Waals surface area contributed by atoms with Crippen LogP contribution in [0.25, 0.3) is 0 Å². The second kappa shape index (κ2) is 5.44. The van der Waals surface area contributed by atoms with Crippen LogP contribution >= 0.6 is 23.2 Å². The molecule has 0 aromatic carbocycles. The van der Waals surface area contributed by atoms with E-state index in [1.165, 1.54) is 0 Å². The Hall–Kier alpha value is -0.210. The fourth-order valence-electron chi connectivity index (χ4n) is 0.569. The molecule has 0 aliphatic rings. The fourth-order valence-corrected chi connectivity index (χ4v) is 1.17. The zero-order chi connectivity index (χ0) is 8.85. The Morgan fingerprint density at radius 3 is 2.18 bits per heavy atom. The first-order chi connectivity index (χ1) is 5.13. The Bertz CT molecular complexity index is 175. The van der Waals surface area contributed by atoms with E-state index in [0.717, 1.165) is 0 Å². The van der Waals surface area contributed by atoms with Crippen LogP contribution in [0.15, 0.2) is 10.8 Å². The van der Waals surface area contributed by atoms with Crippen LogP contribution in [0.4, 0.5) is 0 Å². The Kier molecular flexibility index (Phi) is 5.34. The van der Waals surface area contributed by atoms with Crippen molar-refractivity contribution in [2.45, 2.75) is 20.3 Å². The predicted molar refractivity (Wildman–Crippen MR) is 45.7 cm³/mol. The van der Waals surface area contributed by atoms with Crippen molar-refractivity contribution in [3.8, 4) is 0 Å². The van der Waals surface area contributed by atoms with Crippen LogP contribution in [-0.4, -0.2) is 11.8 Å². The summed E-state index contributed by atoms with van der Waals surface area (Å²) in [6.07, 6.45) is 0.487. The lowest BCUT2D eigenvalue weighted by Crippen LogP contribution is -1.97. The van der Waals surface area contributed by atoms with Crippen molar-refractivity contribution in [2.24, 2.45) is 0 Å². The summed E-state index contributed by atoms with van der Waals surface area (Å²) in [5.74, 6) is 0. The second-order valence-electron chi connectivity index (χ2n) is 1.81. The zero-order valence-electron chi connectivity index (χ0n) is 6.49. The topological polar surface area (TPSA) is 26.3 Å². The molecule has 4 heteroatoms. The molecule has 0 saturated heterocycles. The number of hydrogen-bond donors (Lipinski definition) is 0. The number of allylic oxidation sites excluding steroid dienone is 1. The first-order valence-corrected chi connectivity index (χ1v) is 4.10. The molecule has 11 heavy (non-hydrogen) atoms. The summed E-state index contributed by atoms with van der Waals surface area (Å²) in [4.78, 5) is 10.6. The Balaban J connectivity index is 4.40. The third-order valence-corrected chi connectivity index (χ3v) is 1.66. The first-order valence-electron chi connectivity index (χ1n) is 3.34. The van der Waals surface area contributed by atoms with Gasteiger partial charge in [-0.1, -0.05) is 6.92 Å². The van der Waals surface area contributed by atoms with Crippen LogP contribution in [-0.2, 0) is 9.53 Å². The van der Waals surface area contributed by atoms with Crippen molar-refractivity contribution >= 4 is 28.4 Å². The van der Waals surface area contributed by atoms with Gasteiger partial charge in [-0.25, -0.2) is 0 Å². The van der Waals surface area contributed by atoms with Crippen LogP contribution in [0.2, 0.25) is 0 Å². The van der Waals surface area contributed by atoms with Gasteiger partial charge in [0, 0.05) is 0 Å². The van der Waals surface area contributed by atoms with Gasteiger partial charge in [0.2, 0.25) is 0 Å². The van der Waals surface area contributed by atoms with Gasteiger partial charge in [-0.05, 0) is 36.5 Å². The number of carbonyl (C=O) groups is 1. The molecule has 0 bridgehead atoms. The summed E-state index contributed by atoms with van der Waals surface area (Å²) < 4.78 is 4.90. The highest BCUT2D eigenvalue weighted by atomic mass is 35.5. The van der Waals surface area contributed by atoms with Crippen LogP contribution in [0.5, 0.6) is 0 Å². The molecule has 0 unspecified atom stereocenters. The highest BCUT2D eigenvalue weighted by Gasteiger charge is 2.10. The van der Waals surface area contributed by atoms with Gasteiger partial charge in [-0.15, -0.1) is 0 Å². The maximum absolute atomic E-state index is 10.6. The summed E-state index contributed by atoms with van der Waals surface area (Å²) in [5, 5.41) is -0.444. The summed E-state index contributed by atoms with van der Waals surface area (Å²) in [6, 6.07) is 0. The third kappa shape index (κ3) is 3.63. The lowest BCUT2D eigenvalue weighted by molar-refractivity contribution is -0.108. The third-order valence-electron chi connectivity index (χ3n) is 1.10. The number of hydrogen-bond acceptors (Lipinski definition) is 2. The van der Waals surface area contributed by atoms with Crippen molar-refractivity contribution in [3.05, 3.63) is 10.8 Å². The van der Waals surface area contributed by atoms with Crippen LogP contribution in [0, 0.1) is 0 Å². The van der Waals surface area contributed by atoms with Crippen molar-refractivity contribution < 1.29 is 9.53 Å². The largest absolute Gasteiger partial charge is 0.483 e. The molecule has 0 rings (SSSR count). The molecule has 0 aromatic rings. The standard InChI is InChI=1S/C7H10Cl2O2/c1-3-5(6(8)10)7(9)11-4-2/h3-4H2,1-2H3/b7-5-. The van der Waals surface area contributed by atoms with E-state index in [4.69, 9.17) is 27.9 Å². The summed E-state index contributed by atoms with van der Waals surface area (Å²) >= 11 is 10.8. The van der Waals surface area contributed by atoms with Gasteiger partial charge in [0.05, 0.1) is 12.2 Å². The highest BCUT2D eigenvalue weighted by molar-refractivity contribution is 6.68. The molecular weight excluding hydrogens is 187 g/mol. The maximum Gasteiger partial charge on any atom is 0.253 e. The van der Waals surface area contributed by atoms with Crippen LogP contribution < -0.4 is 0 Å². The minimum absolute atomic E-state index is 0.106. The minimum atomic E-state index is -0.550. The number of carbonyl (C=O) groups excluding carboxylic acids is 1. The number of rotatable bonds is 4. The van der Waals surface area contributed by atoms with Crippen molar-refractivity contribution in [1.82, 2.24) is 0 Å². The predicted octanol–water partition coefficient (Wildman–Crippen LogP) is 2.65. The Morgan fingerprint density at radius 1 is 1.36 bits per heavy atom. The van der Waals surface area contributed by atoms with E-state index < -0.39 is 5.24 Å². The number of halogens is 2. The molecule has 0 aliphatic heterocycles. The highest BCUT2D eigenvalue weighted by Crippen LogP contribution is 2.16. The van der Waals surface area contributed by atoms with E-state index in [1.807, 2.05) is 0 Å². The molecule has 0 amide bonds. The molecule has 0 radical (unpaired) electrons. The summed E-state index contributed by atoms with van der Waals surface area (Å²) in [7, 11) is 0. The normalized spacial score (nSPS) is 12.4. The molecule has 64 valence electrons. The van der Waals surface area contributed by atoms with E-state index in [2.05, 4.69) is 0 Å². The Labute approximate surface area is 76.1 Å². The summed E-state index contributed by atoms with van der Waals surface area (Å²) in [6.45, 7) is 4.01. The van der Waals surface area contributed by atoms with Gasteiger partial charge >= 0.3 is 0 Å². The zero-order valence-corrected chi connectivity index (χ0v) is 8.00. The van der Waals surface area contributed by atoms with Gasteiger partial charge in [-0.3, -0.25) is 4.79 Å². The van der Waals surface area contributed by atoms with E-state index >= 15 is 0 Å². The molecule has 0 aliphatic carbocycles. The molecule has 0 aromatic heterocycles. The SMILES string of the molecule is CCO/C(Cl)=C(/CC)C(=O)Cl. The van der Waals surface area contributed by atoms with E-state index in [-0.39, 0.29) is 5.22 Å². The monoisotopic (exact) mass is 196 g/mol. The van der Waals surface area contributed by atoms with Gasteiger partial charge in [0.15, 0.2) is 5.22 Å². The van der Waals surface area contributed by atoms with Gasteiger partial charge in [0.1, 0.15) is 0 Å². The minimum Gasteiger partial charge on any atom is -0.483 e. The van der Waals surface area contributed by atoms with E-state index in [0.29, 0.717) is 18.6 Å². The summed E-state index contributed by atoms with van der Waals surface area (Å²) in [5.41, 5.74) is 0.329. The molecule has 0 N–H and O–H groups in total. The molecule has 0 spiro atoms. The van der Waals surface area contributed by atoms with Gasteiger partial charge in [0.25, 0.3) is 5.24 Å². The fraction of sp³-hybridized carbons (Fsp3) is 0.571. The van der Waals surface area contributed by atoms with Crippen molar-refractivity contribution in [1.29, 1.82) is 0 Å². The quantitative estimate of drug-likeness (QED) is 0.393. The second-order valence-corrected chi connectivity index (χ2v) is 2.50.